The Hall–Kier alpha value is -0.750. The summed E-state index contributed by atoms with van der Waals surface area (Å²) in [4.78, 5) is 17.2. The highest BCUT2D eigenvalue weighted by Crippen LogP contribution is 2.66. The first-order valence-electron chi connectivity index (χ1n) is 9.22. The molecule has 4 atom stereocenters. The monoisotopic (exact) mass is 460 g/mol. The molecule has 4 nitrogen and oxygen atoms in total. The number of rotatable bonds is 5. The summed E-state index contributed by atoms with van der Waals surface area (Å²) in [6.45, 7) is 6.83. The summed E-state index contributed by atoms with van der Waals surface area (Å²) in [5.74, 6) is 0.575. The van der Waals surface area contributed by atoms with E-state index in [1.165, 1.54) is 18.2 Å². The molecule has 2 saturated carbocycles. The van der Waals surface area contributed by atoms with Crippen LogP contribution in [0.15, 0.2) is 49.7 Å². The van der Waals surface area contributed by atoms with E-state index < -0.39 is 11.0 Å². The molecule has 0 aromatic heterocycles. The predicted molar refractivity (Wildman–Crippen MR) is 118 cm³/mol. The molecule has 0 aliphatic heterocycles. The fourth-order valence-electron chi connectivity index (χ4n) is 4.67. The Morgan fingerprint density at radius 2 is 1.89 bits per heavy atom. The van der Waals surface area contributed by atoms with Crippen LogP contribution in [-0.4, -0.2) is 22.1 Å². The zero-order valence-electron chi connectivity index (χ0n) is 16.0. The molecule has 0 N–H and O–H groups in total. The van der Waals surface area contributed by atoms with Crippen LogP contribution in [0.3, 0.4) is 0 Å². The van der Waals surface area contributed by atoms with E-state index in [0.717, 1.165) is 17.7 Å². The van der Waals surface area contributed by atoms with Gasteiger partial charge in [0.1, 0.15) is 9.52 Å². The minimum atomic E-state index is -1.37. The van der Waals surface area contributed by atoms with Gasteiger partial charge in [0.05, 0.1) is 6.04 Å². The molecule has 2 aliphatic carbocycles. The van der Waals surface area contributed by atoms with Crippen molar-refractivity contribution < 1.29 is 4.92 Å². The number of benzene rings is 1. The van der Waals surface area contributed by atoms with Crippen LogP contribution in [0.25, 0.3) is 0 Å². The first kappa shape index (κ1) is 21.9. The number of aliphatic imine (C=N–C) groups is 1. The van der Waals surface area contributed by atoms with Crippen molar-refractivity contribution in [1.82, 2.24) is 0 Å². The van der Waals surface area contributed by atoms with Crippen molar-refractivity contribution in [2.75, 3.05) is 0 Å². The van der Waals surface area contributed by atoms with E-state index >= 15 is 0 Å². The maximum absolute atomic E-state index is 11.9. The van der Waals surface area contributed by atoms with E-state index in [9.17, 15) is 10.1 Å². The van der Waals surface area contributed by atoms with E-state index in [1.54, 1.807) is 0 Å². The Labute approximate surface area is 184 Å². The minimum absolute atomic E-state index is 0.00224. The molecule has 0 amide bonds. The standard InChI is InChI=1S/C20H23Cl3N2O2S/c1-19(2)12-9-10-20(19,3)14(11-12)24-18(28-13-7-5-4-6-8-13)16(25(26)27)15(21)17(22)23/h4-8,12,14,16H,9-11H2,1-3H3/t12-,14-,16?,20+/m0/s1. The lowest BCUT2D eigenvalue weighted by Gasteiger charge is -2.37. The molecular formula is C20H23Cl3N2O2S. The van der Waals surface area contributed by atoms with Gasteiger partial charge in [-0.15, -0.1) is 0 Å². The quantitative estimate of drug-likeness (QED) is 0.157. The van der Waals surface area contributed by atoms with Gasteiger partial charge in [0.25, 0.3) is 6.04 Å². The predicted octanol–water partition coefficient (Wildman–Crippen LogP) is 6.92. The summed E-state index contributed by atoms with van der Waals surface area (Å²) in [6.07, 6.45) is 3.19. The lowest BCUT2D eigenvalue weighted by molar-refractivity contribution is -0.490. The molecule has 1 aromatic rings. The summed E-state index contributed by atoms with van der Waals surface area (Å²) in [6, 6.07) is 8.08. The van der Waals surface area contributed by atoms with Gasteiger partial charge in [0.2, 0.25) is 0 Å². The first-order chi connectivity index (χ1) is 13.1. The van der Waals surface area contributed by atoms with Gasteiger partial charge in [-0.05, 0) is 48.1 Å². The van der Waals surface area contributed by atoms with Crippen LogP contribution < -0.4 is 0 Å². The van der Waals surface area contributed by atoms with E-state index in [4.69, 9.17) is 39.8 Å². The fourth-order valence-corrected chi connectivity index (χ4v) is 6.15. The molecule has 2 aliphatic rings. The van der Waals surface area contributed by atoms with Crippen molar-refractivity contribution in [1.29, 1.82) is 0 Å². The van der Waals surface area contributed by atoms with E-state index in [2.05, 4.69) is 20.8 Å². The van der Waals surface area contributed by atoms with Crippen LogP contribution in [0.5, 0.6) is 0 Å². The van der Waals surface area contributed by atoms with Crippen molar-refractivity contribution in [3.05, 3.63) is 50.0 Å². The second kappa shape index (κ2) is 8.17. The van der Waals surface area contributed by atoms with Crippen LogP contribution in [0, 0.1) is 26.9 Å². The smallest absolute Gasteiger partial charge is 0.271 e. The van der Waals surface area contributed by atoms with Crippen LogP contribution in [0.4, 0.5) is 0 Å². The third-order valence-electron chi connectivity index (χ3n) is 6.86. The van der Waals surface area contributed by atoms with Gasteiger partial charge in [-0.3, -0.25) is 15.1 Å². The largest absolute Gasteiger partial charge is 0.298 e. The molecular weight excluding hydrogens is 439 g/mol. The van der Waals surface area contributed by atoms with Crippen LogP contribution in [0.1, 0.15) is 40.0 Å². The number of halogens is 3. The summed E-state index contributed by atoms with van der Waals surface area (Å²) >= 11 is 19.1. The lowest BCUT2D eigenvalue weighted by Crippen LogP contribution is -2.37. The number of hydrogen-bond donors (Lipinski definition) is 0. The van der Waals surface area contributed by atoms with Gasteiger partial charge < -0.3 is 0 Å². The van der Waals surface area contributed by atoms with Gasteiger partial charge in [-0.25, -0.2) is 0 Å². The molecule has 0 saturated heterocycles. The Kier molecular flexibility index (Phi) is 6.41. The van der Waals surface area contributed by atoms with Crippen LogP contribution >= 0.6 is 46.6 Å². The summed E-state index contributed by atoms with van der Waals surface area (Å²) in [5.41, 5.74) is 0.153. The molecule has 28 heavy (non-hydrogen) atoms. The number of nitro groups is 1. The number of thioether (sulfide) groups is 1. The molecule has 1 aromatic carbocycles. The second-order valence-electron chi connectivity index (χ2n) is 8.30. The SMILES string of the molecule is CC1(C)[C@H]2CC[C@]1(C)[C@@H](N=C(Sc1ccccc1)C(C(Cl)=C(Cl)Cl)[N+](=O)[O-])C2. The van der Waals surface area contributed by atoms with Crippen molar-refractivity contribution in [2.24, 2.45) is 21.7 Å². The molecule has 2 bridgehead atoms. The number of nitrogens with zero attached hydrogens (tertiary/aromatic N) is 2. The highest BCUT2D eigenvalue weighted by Gasteiger charge is 2.61. The van der Waals surface area contributed by atoms with Crippen molar-refractivity contribution in [3.8, 4) is 0 Å². The zero-order valence-corrected chi connectivity index (χ0v) is 19.1. The third kappa shape index (κ3) is 3.83. The summed E-state index contributed by atoms with van der Waals surface area (Å²) in [7, 11) is 0. The van der Waals surface area contributed by atoms with Crippen LogP contribution in [-0.2, 0) is 0 Å². The van der Waals surface area contributed by atoms with Gasteiger partial charge in [0, 0.05) is 9.82 Å². The topological polar surface area (TPSA) is 55.5 Å². The molecule has 8 heteroatoms. The van der Waals surface area contributed by atoms with Gasteiger partial charge in [0.15, 0.2) is 5.04 Å². The molecule has 152 valence electrons. The van der Waals surface area contributed by atoms with E-state index in [1.807, 2.05) is 30.3 Å². The van der Waals surface area contributed by atoms with Gasteiger partial charge in [-0.2, -0.15) is 0 Å². The highest BCUT2D eigenvalue weighted by atomic mass is 35.5. The molecule has 0 spiro atoms. The van der Waals surface area contributed by atoms with Crippen molar-refractivity contribution in [3.63, 3.8) is 0 Å². The Bertz CT molecular complexity index is 824. The molecule has 0 heterocycles. The average Bonchev–Trinajstić information content (AvgIpc) is 2.95. The van der Waals surface area contributed by atoms with Crippen molar-refractivity contribution in [2.45, 2.75) is 57.0 Å². The average molecular weight is 462 g/mol. The summed E-state index contributed by atoms with van der Waals surface area (Å²) < 4.78 is -0.302. The van der Waals surface area contributed by atoms with E-state index in [0.29, 0.717) is 11.0 Å². The lowest BCUT2D eigenvalue weighted by atomic mass is 9.69. The van der Waals surface area contributed by atoms with Crippen molar-refractivity contribution >= 4 is 51.6 Å². The van der Waals surface area contributed by atoms with Gasteiger partial charge in [-0.1, -0.05) is 85.5 Å². The normalized spacial score (nSPS) is 29.6. The maximum atomic E-state index is 11.9. The minimum Gasteiger partial charge on any atom is -0.271 e. The number of fused-ring (bicyclic) bond motifs is 2. The highest BCUT2D eigenvalue weighted by molar-refractivity contribution is 8.14. The third-order valence-corrected chi connectivity index (χ3v) is 8.90. The first-order valence-corrected chi connectivity index (χ1v) is 11.2. The number of hydrogen-bond acceptors (Lipinski definition) is 4. The second-order valence-corrected chi connectivity index (χ2v) is 10.8. The molecule has 0 radical (unpaired) electrons. The van der Waals surface area contributed by atoms with Gasteiger partial charge >= 0.3 is 0 Å². The molecule has 2 fully saturated rings. The summed E-state index contributed by atoms with van der Waals surface area (Å²) in [5, 5.41) is 12.0. The molecule has 1 unspecified atom stereocenters. The Morgan fingerprint density at radius 3 is 2.36 bits per heavy atom. The van der Waals surface area contributed by atoms with E-state index in [-0.39, 0.29) is 26.4 Å². The Balaban J connectivity index is 2.05. The maximum Gasteiger partial charge on any atom is 0.298 e. The fraction of sp³-hybridized carbons (Fsp3) is 0.550. The Morgan fingerprint density at radius 1 is 1.25 bits per heavy atom. The van der Waals surface area contributed by atoms with Crippen LogP contribution in [0.2, 0.25) is 0 Å². The molecule has 3 rings (SSSR count). The zero-order chi connectivity index (χ0) is 20.7.